The van der Waals surface area contributed by atoms with Crippen molar-refractivity contribution in [2.75, 3.05) is 0 Å². The molecule has 1 N–H and O–H groups in total. The summed E-state index contributed by atoms with van der Waals surface area (Å²) in [6.45, 7) is 7.84. The van der Waals surface area contributed by atoms with Crippen molar-refractivity contribution in [3.05, 3.63) is 52.7 Å². The van der Waals surface area contributed by atoms with E-state index in [-0.39, 0.29) is 0 Å². The van der Waals surface area contributed by atoms with Gasteiger partial charge in [-0.15, -0.1) is 0 Å². The minimum absolute atomic E-state index is 0.510. The zero-order chi connectivity index (χ0) is 14.0. The van der Waals surface area contributed by atoms with E-state index in [1.54, 1.807) is 19.2 Å². The van der Waals surface area contributed by atoms with Crippen LogP contribution in [0.25, 0.3) is 0 Å². The molecule has 0 fully saturated rings. The largest absolute Gasteiger partial charge is 0.438 e. The van der Waals surface area contributed by atoms with Crippen LogP contribution in [0.5, 0.6) is 11.6 Å². The predicted molar refractivity (Wildman–Crippen MR) is 75.6 cm³/mol. The molecule has 0 radical (unpaired) electrons. The van der Waals surface area contributed by atoms with E-state index in [0.29, 0.717) is 5.88 Å². The fourth-order valence-electron chi connectivity index (χ4n) is 1.89. The van der Waals surface area contributed by atoms with Gasteiger partial charge in [0.1, 0.15) is 5.75 Å². The Bertz CT molecular complexity index is 574. The summed E-state index contributed by atoms with van der Waals surface area (Å²) in [6.07, 6.45) is 1.13. The van der Waals surface area contributed by atoms with Crippen molar-refractivity contribution in [3.63, 3.8) is 0 Å². The highest BCUT2D eigenvalue weighted by Crippen LogP contribution is 2.29. The lowest BCUT2D eigenvalue weighted by atomic mass is 10.1. The van der Waals surface area contributed by atoms with Crippen molar-refractivity contribution in [2.24, 2.45) is 0 Å². The molecule has 0 saturated carbocycles. The van der Waals surface area contributed by atoms with Gasteiger partial charge in [-0.3, -0.25) is 0 Å². The second-order valence-corrected chi connectivity index (χ2v) is 4.86. The average molecular weight is 257 g/mol. The molecule has 1 heterocycles. The first-order valence-corrected chi connectivity index (χ1v) is 6.37. The Hall–Kier alpha value is -1.87. The highest BCUT2D eigenvalue weighted by Gasteiger charge is 2.09. The van der Waals surface area contributed by atoms with Crippen molar-refractivity contribution < 1.29 is 9.84 Å². The molecule has 0 aliphatic carbocycles. The molecule has 100 valence electrons. The Morgan fingerprint density at radius 3 is 2.32 bits per heavy atom. The molecule has 1 aromatic heterocycles. The molecule has 0 aliphatic heterocycles. The second-order valence-electron chi connectivity index (χ2n) is 4.86. The molecule has 0 bridgehead atoms. The number of ether oxygens (including phenoxy) is 1. The van der Waals surface area contributed by atoms with Gasteiger partial charge in [0.25, 0.3) is 0 Å². The first-order valence-electron chi connectivity index (χ1n) is 6.37. The normalized spacial score (nSPS) is 12.3. The SMILES string of the molecule is Cc1ccc(C)c(Oc2ccc([C@@H](C)O)cn2)c1C. The number of aliphatic hydroxyl groups is 1. The summed E-state index contributed by atoms with van der Waals surface area (Å²) < 4.78 is 5.86. The Balaban J connectivity index is 2.29. The summed E-state index contributed by atoms with van der Waals surface area (Å²) in [5.74, 6) is 1.40. The van der Waals surface area contributed by atoms with Crippen LogP contribution in [0.15, 0.2) is 30.5 Å². The smallest absolute Gasteiger partial charge is 0.219 e. The third kappa shape index (κ3) is 2.93. The topological polar surface area (TPSA) is 42.4 Å². The maximum absolute atomic E-state index is 9.45. The monoisotopic (exact) mass is 257 g/mol. The summed E-state index contributed by atoms with van der Waals surface area (Å²) in [7, 11) is 0. The van der Waals surface area contributed by atoms with Crippen molar-refractivity contribution in [1.29, 1.82) is 0 Å². The number of pyridine rings is 1. The minimum atomic E-state index is -0.510. The van der Waals surface area contributed by atoms with Crippen molar-refractivity contribution in [3.8, 4) is 11.6 Å². The molecule has 3 nitrogen and oxygen atoms in total. The lowest BCUT2D eigenvalue weighted by Gasteiger charge is -2.13. The van der Waals surface area contributed by atoms with Crippen LogP contribution in [0.2, 0.25) is 0 Å². The quantitative estimate of drug-likeness (QED) is 0.908. The van der Waals surface area contributed by atoms with Gasteiger partial charge in [-0.2, -0.15) is 0 Å². The van der Waals surface area contributed by atoms with Gasteiger partial charge in [0.05, 0.1) is 6.10 Å². The van der Waals surface area contributed by atoms with Crippen molar-refractivity contribution in [1.82, 2.24) is 4.98 Å². The van der Waals surface area contributed by atoms with Crippen LogP contribution in [-0.4, -0.2) is 10.1 Å². The van der Waals surface area contributed by atoms with Crippen LogP contribution in [0, 0.1) is 20.8 Å². The summed E-state index contributed by atoms with van der Waals surface area (Å²) in [5, 5.41) is 9.45. The maximum atomic E-state index is 9.45. The Kier molecular flexibility index (Phi) is 3.86. The van der Waals surface area contributed by atoms with E-state index >= 15 is 0 Å². The molecule has 1 atom stereocenters. The van der Waals surface area contributed by atoms with Crippen LogP contribution < -0.4 is 4.74 Å². The fourth-order valence-corrected chi connectivity index (χ4v) is 1.89. The molecular weight excluding hydrogens is 238 g/mol. The number of benzene rings is 1. The number of aromatic nitrogens is 1. The summed E-state index contributed by atoms with van der Waals surface area (Å²) in [5.41, 5.74) is 4.19. The molecule has 0 saturated heterocycles. The van der Waals surface area contributed by atoms with Crippen LogP contribution in [0.1, 0.15) is 35.3 Å². The molecule has 3 heteroatoms. The highest BCUT2D eigenvalue weighted by molar-refractivity contribution is 5.46. The van der Waals surface area contributed by atoms with Crippen LogP contribution in [0.3, 0.4) is 0 Å². The van der Waals surface area contributed by atoms with E-state index in [1.807, 2.05) is 26.0 Å². The summed E-state index contributed by atoms with van der Waals surface area (Å²) >= 11 is 0. The zero-order valence-corrected chi connectivity index (χ0v) is 11.8. The van der Waals surface area contributed by atoms with Gasteiger partial charge in [0.2, 0.25) is 5.88 Å². The molecule has 0 amide bonds. The van der Waals surface area contributed by atoms with Crippen molar-refractivity contribution in [2.45, 2.75) is 33.8 Å². The molecule has 0 aliphatic rings. The Labute approximate surface area is 113 Å². The number of rotatable bonds is 3. The first kappa shape index (κ1) is 13.6. The summed E-state index contributed by atoms with van der Waals surface area (Å²) in [4.78, 5) is 4.22. The number of nitrogens with zero attached hydrogens (tertiary/aromatic N) is 1. The van der Waals surface area contributed by atoms with E-state index in [2.05, 4.69) is 18.0 Å². The minimum Gasteiger partial charge on any atom is -0.438 e. The fraction of sp³-hybridized carbons (Fsp3) is 0.312. The molecule has 0 spiro atoms. The first-order chi connectivity index (χ1) is 8.99. The maximum Gasteiger partial charge on any atom is 0.219 e. The van der Waals surface area contributed by atoms with E-state index in [0.717, 1.165) is 22.4 Å². The predicted octanol–water partition coefficient (Wildman–Crippen LogP) is 3.85. The van der Waals surface area contributed by atoms with Gasteiger partial charge < -0.3 is 9.84 Å². The van der Waals surface area contributed by atoms with Gasteiger partial charge in [-0.05, 0) is 56.0 Å². The van der Waals surface area contributed by atoms with E-state index in [1.165, 1.54) is 5.56 Å². The van der Waals surface area contributed by atoms with Gasteiger partial charge in [0.15, 0.2) is 0 Å². The molecule has 19 heavy (non-hydrogen) atoms. The van der Waals surface area contributed by atoms with E-state index < -0.39 is 6.10 Å². The van der Waals surface area contributed by atoms with E-state index in [9.17, 15) is 5.11 Å². The standard InChI is InChI=1S/C16H19NO2/c1-10-5-6-11(2)16(12(10)3)19-15-8-7-14(9-17-15)13(4)18/h5-9,13,18H,1-4H3/t13-/m1/s1. The summed E-state index contributed by atoms with van der Waals surface area (Å²) in [6, 6.07) is 7.74. The van der Waals surface area contributed by atoms with Crippen LogP contribution in [-0.2, 0) is 0 Å². The average Bonchev–Trinajstić information content (AvgIpc) is 2.40. The zero-order valence-electron chi connectivity index (χ0n) is 11.8. The highest BCUT2D eigenvalue weighted by atomic mass is 16.5. The number of hydrogen-bond acceptors (Lipinski definition) is 3. The Morgan fingerprint density at radius 2 is 1.74 bits per heavy atom. The Morgan fingerprint density at radius 1 is 1.05 bits per heavy atom. The number of aliphatic hydroxyl groups excluding tert-OH is 1. The molecule has 2 rings (SSSR count). The van der Waals surface area contributed by atoms with Crippen molar-refractivity contribution >= 4 is 0 Å². The van der Waals surface area contributed by atoms with Gasteiger partial charge in [-0.25, -0.2) is 4.98 Å². The van der Waals surface area contributed by atoms with Gasteiger partial charge >= 0.3 is 0 Å². The molecule has 2 aromatic rings. The third-order valence-electron chi connectivity index (χ3n) is 3.32. The van der Waals surface area contributed by atoms with Crippen LogP contribution in [0.4, 0.5) is 0 Å². The number of hydrogen-bond donors (Lipinski definition) is 1. The molecule has 1 aromatic carbocycles. The molecule has 0 unspecified atom stereocenters. The molecular formula is C16H19NO2. The van der Waals surface area contributed by atoms with E-state index in [4.69, 9.17) is 4.74 Å². The van der Waals surface area contributed by atoms with Gasteiger partial charge in [0, 0.05) is 12.3 Å². The lowest BCUT2D eigenvalue weighted by Crippen LogP contribution is -1.97. The second kappa shape index (κ2) is 5.41. The van der Waals surface area contributed by atoms with Gasteiger partial charge in [-0.1, -0.05) is 12.1 Å². The number of aryl methyl sites for hydroxylation is 2. The lowest BCUT2D eigenvalue weighted by molar-refractivity contribution is 0.198. The third-order valence-corrected chi connectivity index (χ3v) is 3.32. The van der Waals surface area contributed by atoms with Crippen LogP contribution >= 0.6 is 0 Å².